The fourth-order valence-electron chi connectivity index (χ4n) is 11.6. The number of halogens is 4. The van der Waals surface area contributed by atoms with Gasteiger partial charge in [0.15, 0.2) is 11.9 Å². The van der Waals surface area contributed by atoms with E-state index in [1.165, 1.54) is 104 Å². The van der Waals surface area contributed by atoms with E-state index in [1.54, 1.807) is 158 Å². The van der Waals surface area contributed by atoms with Crippen molar-refractivity contribution >= 4 is 131 Å². The van der Waals surface area contributed by atoms with Crippen molar-refractivity contribution in [2.24, 2.45) is 29.6 Å². The van der Waals surface area contributed by atoms with Gasteiger partial charge in [0.2, 0.25) is 0 Å². The standard InChI is InChI=1S/C14H24NO6.C12H18NO5.2C12H20NO5.C12H18NO5.2C12H18NO4.2CH2Cl2.7W/c1-14(2,3)21-13(17)15-7-10(12(16)19-5)6-11(8-15)20-9-18-4;1-12(2,3)18-11(15)13-5-7(10(14)16-4)9-8(6-13)17-9;3*1-12(2,3)18-11(16)13-6-8(10(15)17-4)5-9(14)7-13;2*1-12(2,3)17-11(15)13-7-5-6-9(8-13)10(14)16-4;2*2-1-3;;;;;;;/h6,10-11H,7-9H2,1-5H3;7-8H,5-6H2,1-4H3;2*5,8-9,14H,6-7H2,1-4H3;9,14H,6-7H2,1-4H3;5,7-8H2,1-4H3;5,9H,7-8H2,1-4H3;2*1H2;;;;;;;/q7*-1;;;;;;;;;/t10-,11+;;8?,9-;8-,9+;;;;;;;;;;;;/m1.01............/s1. The van der Waals surface area contributed by atoms with Crippen molar-refractivity contribution in [3.63, 3.8) is 0 Å². The number of fused-ring (bicyclic) bond motifs is 1. The van der Waals surface area contributed by atoms with E-state index in [4.69, 9.17) is 103 Å². The Balaban J connectivity index is -0.000000238. The van der Waals surface area contributed by atoms with Crippen molar-refractivity contribution in [3.05, 3.63) is 60.8 Å². The molecule has 0 aliphatic carbocycles. The summed E-state index contributed by atoms with van der Waals surface area (Å²) in [5, 5.41) is 29.2. The maximum absolute atomic E-state index is 12.1. The summed E-state index contributed by atoms with van der Waals surface area (Å²) in [7, 11) is 10.5. The Labute approximate surface area is 944 Å². The predicted octanol–water partition coefficient (Wildman–Crippen LogP) is 9.60. The van der Waals surface area contributed by atoms with Gasteiger partial charge in [0, 0.05) is 252 Å². The van der Waals surface area contributed by atoms with Crippen molar-refractivity contribution < 1.29 is 310 Å². The van der Waals surface area contributed by atoms with Gasteiger partial charge in [0.25, 0.3) is 29.8 Å². The first kappa shape index (κ1) is 151. The first-order valence-corrected chi connectivity index (χ1v) is 44.1. The molecule has 8 aliphatic heterocycles. The van der Waals surface area contributed by atoms with Crippen molar-refractivity contribution in [3.8, 4) is 0 Å². The number of β-amino-alcohol motifs (C(OH)–C–C–N with tert-alkyl or cyclic N) is 3. The number of methoxy groups -OCH3 is 8. The summed E-state index contributed by atoms with van der Waals surface area (Å²) in [5.41, 5.74) is -3.55. The number of hydrogen-bond donors (Lipinski definition) is 3. The summed E-state index contributed by atoms with van der Waals surface area (Å²) in [6.07, 6.45) is 9.25. The van der Waals surface area contributed by atoms with Gasteiger partial charge in [-0.05, 0) is 187 Å². The number of carbonyl (C=O) groups is 14. The molecule has 0 bridgehead atoms. The van der Waals surface area contributed by atoms with Crippen molar-refractivity contribution in [2.75, 3.05) is 166 Å². The molecule has 8 aliphatic rings. The zero-order valence-electron chi connectivity index (χ0n) is 84.8. The molecule has 7 amide bonds. The number of nitrogens with zero attached hydrogens (tertiary/aromatic N) is 7. The molecular formula is C88H140Cl4N7O34W7-7. The third kappa shape index (κ3) is 65.1. The minimum Gasteiger partial charge on any atom is -0.564 e. The van der Waals surface area contributed by atoms with Crippen LogP contribution >= 0.6 is 46.4 Å². The van der Waals surface area contributed by atoms with Crippen LogP contribution in [0.2, 0.25) is 0 Å². The van der Waals surface area contributed by atoms with Crippen LogP contribution in [0.3, 0.4) is 0 Å². The van der Waals surface area contributed by atoms with Crippen LogP contribution in [0.1, 0.15) is 152 Å². The van der Waals surface area contributed by atoms with Crippen LogP contribution in [-0.4, -0.2) is 370 Å². The second-order valence-corrected chi connectivity index (χ2v) is 38.3. The fourth-order valence-corrected chi connectivity index (χ4v) is 11.6. The molecule has 808 valence electrons. The topological polar surface area (TPSA) is 483 Å². The molecule has 0 saturated carbocycles. The minimum atomic E-state index is -1.01. The van der Waals surface area contributed by atoms with Gasteiger partial charge in [-0.3, -0.25) is 55.4 Å². The summed E-state index contributed by atoms with van der Waals surface area (Å²) in [6, 6.07) is 0. The monoisotopic (exact) mass is 3270 g/mol. The van der Waals surface area contributed by atoms with Crippen LogP contribution in [0.15, 0.2) is 17.2 Å². The number of epoxide rings is 1. The van der Waals surface area contributed by atoms with E-state index in [9.17, 15) is 82.4 Å². The van der Waals surface area contributed by atoms with Gasteiger partial charge in [-0.2, -0.15) is 6.10 Å². The summed E-state index contributed by atoms with van der Waals surface area (Å²) < 4.78 is 84.6. The van der Waals surface area contributed by atoms with Gasteiger partial charge in [-0.15, -0.1) is 57.5 Å². The molecular weight excluding hydrogens is 3130 g/mol. The molecule has 5 fully saturated rings. The van der Waals surface area contributed by atoms with E-state index in [0.29, 0.717) is 38.2 Å². The Morgan fingerprint density at radius 3 is 1.04 bits per heavy atom. The zero-order chi connectivity index (χ0) is 103. The fraction of sp³-hybridized carbons (Fsp3) is 0.727. The number of esters is 7. The van der Waals surface area contributed by atoms with Crippen LogP contribution in [-0.2, 0) is 262 Å². The van der Waals surface area contributed by atoms with Crippen LogP contribution in [0.5, 0.6) is 0 Å². The Morgan fingerprint density at radius 2 is 0.700 bits per heavy atom. The molecule has 5 saturated heterocycles. The number of carbonyl (C=O) groups excluding carboxylic acids is 14. The van der Waals surface area contributed by atoms with Gasteiger partial charge in [0.1, 0.15) is 46.0 Å². The Hall–Kier alpha value is -3.86. The number of aliphatic hydroxyl groups is 3. The van der Waals surface area contributed by atoms with Gasteiger partial charge in [-0.1, -0.05) is 18.4 Å². The number of likely N-dealkylation sites (tertiary alicyclic amines) is 4. The maximum Gasteiger partial charge on any atom is 0.410 e. The maximum atomic E-state index is 12.1. The van der Waals surface area contributed by atoms with Gasteiger partial charge < -0.3 is 146 Å². The smallest absolute Gasteiger partial charge is 0.410 e. The summed E-state index contributed by atoms with van der Waals surface area (Å²) in [5.74, 6) is -5.96. The number of hydrogen-bond acceptors (Lipinski definition) is 34. The Morgan fingerprint density at radius 1 is 0.386 bits per heavy atom. The van der Waals surface area contributed by atoms with E-state index in [-0.39, 0.29) is 248 Å². The Bertz CT molecular complexity index is 3710. The van der Waals surface area contributed by atoms with Crippen LogP contribution in [0.25, 0.3) is 0 Å². The molecule has 8 heterocycles. The zero-order valence-corrected chi connectivity index (χ0v) is 108. The first-order chi connectivity index (χ1) is 61.2. The second kappa shape index (κ2) is 73.3. The number of aliphatic hydroxyl groups excluding tert-OH is 3. The molecule has 0 radical (unpaired) electrons. The minimum absolute atomic E-state index is 0. The first-order valence-electron chi connectivity index (χ1n) is 41.9. The molecule has 3 N–H and O–H groups in total. The number of rotatable bonds is 10. The Kier molecular flexibility index (Phi) is 79.3. The third-order valence-corrected chi connectivity index (χ3v) is 17.0. The summed E-state index contributed by atoms with van der Waals surface area (Å²) in [4.78, 5) is 173. The number of piperidine rings is 4. The average molecular weight is 3270 g/mol. The van der Waals surface area contributed by atoms with E-state index >= 15 is 0 Å². The largest absolute Gasteiger partial charge is 0.564 e. The van der Waals surface area contributed by atoms with Gasteiger partial charge >= 0.3 is 42.7 Å². The quantitative estimate of drug-likeness (QED) is 0.0457. The third-order valence-electron chi connectivity index (χ3n) is 17.0. The number of alkyl halides is 4. The van der Waals surface area contributed by atoms with Crippen LogP contribution in [0.4, 0.5) is 33.6 Å². The summed E-state index contributed by atoms with van der Waals surface area (Å²) >= 11 is 19.1. The molecule has 8 rings (SSSR count). The number of ether oxygens (including phenoxy) is 17. The molecule has 0 spiro atoms. The molecule has 0 aromatic heterocycles. The molecule has 0 aromatic carbocycles. The molecule has 52 heteroatoms. The SMILES string of the molecule is COC(=O)C1=[C-]C(O)CN(C(=O)OC(C)(C)C)C1.COC(=O)C1=[C-]CCN(C(=O)OC(C)(C)C)C1.COC(=O)C1CN(C(=O)OC(C)(C)C)CC2O[C-]21.COC(=O)C1[C-]=CCN(C(=O)OC(C)(C)C)C1.COC(=O)C1[CH-][C@H](O)CN(C(=O)OC(C)(C)C)C1.COC(=O)[C@@H]1[CH-][C@H](O)CN(C(=O)OC(C)(C)C)C1.COCO[C@H]1[CH-][C@@H](C(=O)OC)CN(C(=O)OC(C)(C)C)C1.ClCCl.ClCCl.[W].[W].[W].[W].[W].[W].[W]. The van der Waals surface area contributed by atoms with Crippen molar-refractivity contribution in [1.29, 1.82) is 0 Å². The van der Waals surface area contributed by atoms with Gasteiger partial charge in [0.05, 0.1) is 60.4 Å². The summed E-state index contributed by atoms with van der Waals surface area (Å²) in [6.45, 7) is 40.7. The molecule has 10 atom stereocenters. The number of amides is 7. The van der Waals surface area contributed by atoms with E-state index in [2.05, 4.69) is 41.9 Å². The van der Waals surface area contributed by atoms with Crippen molar-refractivity contribution in [1.82, 2.24) is 34.3 Å². The average Bonchev–Trinajstić information content (AvgIpc) is 1.61. The molecule has 0 aromatic rings. The molecule has 41 nitrogen and oxygen atoms in total. The molecule has 140 heavy (non-hydrogen) atoms. The normalized spacial score (nSPS) is 20.5. The molecule has 5 unspecified atom stereocenters. The van der Waals surface area contributed by atoms with E-state index < -0.39 is 172 Å². The van der Waals surface area contributed by atoms with E-state index in [1.807, 2.05) is 0 Å². The van der Waals surface area contributed by atoms with E-state index in [0.717, 1.165) is 6.10 Å². The predicted molar refractivity (Wildman–Crippen MR) is 481 cm³/mol. The van der Waals surface area contributed by atoms with Crippen LogP contribution in [0, 0.1) is 73.2 Å². The van der Waals surface area contributed by atoms with Crippen LogP contribution < -0.4 is 0 Å². The van der Waals surface area contributed by atoms with Crippen molar-refractivity contribution in [2.45, 2.75) is 222 Å². The van der Waals surface area contributed by atoms with Gasteiger partial charge in [-0.25, -0.2) is 39.6 Å². The second-order valence-electron chi connectivity index (χ2n) is 36.7.